The summed E-state index contributed by atoms with van der Waals surface area (Å²) in [5, 5.41) is 1.08. The smallest absolute Gasteiger partial charge is 0.313 e. The molecule has 1 aliphatic heterocycles. The highest BCUT2D eigenvalue weighted by Gasteiger charge is 2.28. The molecule has 2 heterocycles. The molecule has 2 atom stereocenters. The lowest BCUT2D eigenvalue weighted by Gasteiger charge is -2.31. The highest BCUT2D eigenvalue weighted by Crippen LogP contribution is 2.33. The highest BCUT2D eigenvalue weighted by molar-refractivity contribution is 7.18. The lowest BCUT2D eigenvalue weighted by molar-refractivity contribution is -0.153. The number of amides is 1. The molecule has 1 amide bonds. The number of thiazole rings is 1. The number of hydrogen-bond acceptors (Lipinski definition) is 5. The van der Waals surface area contributed by atoms with Crippen LogP contribution in [0.5, 0.6) is 0 Å². The molecule has 0 N–H and O–H groups in total. The summed E-state index contributed by atoms with van der Waals surface area (Å²) in [5.74, 6) is -0.562. The average molecular weight is 423 g/mol. The molecule has 1 aromatic heterocycles. The van der Waals surface area contributed by atoms with Crippen LogP contribution in [-0.2, 0) is 14.3 Å². The van der Waals surface area contributed by atoms with E-state index in [0.717, 1.165) is 28.9 Å². The van der Waals surface area contributed by atoms with Crippen molar-refractivity contribution in [2.24, 2.45) is 0 Å². The maximum Gasteiger partial charge on any atom is 0.313 e. The van der Waals surface area contributed by atoms with Crippen LogP contribution >= 0.6 is 11.3 Å². The van der Waals surface area contributed by atoms with Gasteiger partial charge in [-0.25, -0.2) is 4.98 Å². The summed E-state index contributed by atoms with van der Waals surface area (Å²) in [6.07, 6.45) is 2.59. The van der Waals surface area contributed by atoms with E-state index in [1.165, 1.54) is 4.70 Å². The number of fused-ring (bicyclic) bond motifs is 1. The molecule has 2 aromatic carbocycles. The van der Waals surface area contributed by atoms with Gasteiger partial charge in [0.25, 0.3) is 5.91 Å². The second kappa shape index (κ2) is 9.39. The Morgan fingerprint density at radius 3 is 2.70 bits per heavy atom. The van der Waals surface area contributed by atoms with Gasteiger partial charge in [0, 0.05) is 19.0 Å². The van der Waals surface area contributed by atoms with Gasteiger partial charge in [-0.15, -0.1) is 11.3 Å². The zero-order valence-electron chi connectivity index (χ0n) is 17.1. The van der Waals surface area contributed by atoms with E-state index in [2.05, 4.69) is 6.07 Å². The van der Waals surface area contributed by atoms with E-state index in [9.17, 15) is 9.59 Å². The molecule has 0 aliphatic carbocycles. The average Bonchev–Trinajstić information content (AvgIpc) is 3.23. The maximum absolute atomic E-state index is 12.7. The van der Waals surface area contributed by atoms with Gasteiger partial charge in [0.1, 0.15) is 0 Å². The minimum Gasteiger partial charge on any atom is -0.455 e. The van der Waals surface area contributed by atoms with Crippen LogP contribution in [0.15, 0.2) is 54.6 Å². The minimum absolute atomic E-state index is 0.128. The van der Waals surface area contributed by atoms with Crippen molar-refractivity contribution in [1.29, 1.82) is 0 Å². The van der Waals surface area contributed by atoms with Gasteiger partial charge in [-0.05, 0) is 37.0 Å². The van der Waals surface area contributed by atoms with Gasteiger partial charge < -0.3 is 9.64 Å². The lowest BCUT2D eigenvalue weighted by atomic mass is 9.97. The van der Waals surface area contributed by atoms with Gasteiger partial charge in [-0.1, -0.05) is 49.4 Å². The second-order valence-corrected chi connectivity index (χ2v) is 8.74. The van der Waals surface area contributed by atoms with Gasteiger partial charge in [-0.2, -0.15) is 0 Å². The van der Waals surface area contributed by atoms with Crippen molar-refractivity contribution < 1.29 is 14.3 Å². The third kappa shape index (κ3) is 4.54. The predicted molar refractivity (Wildman–Crippen MR) is 119 cm³/mol. The van der Waals surface area contributed by atoms with E-state index >= 15 is 0 Å². The minimum atomic E-state index is -0.337. The van der Waals surface area contributed by atoms with Crippen molar-refractivity contribution in [2.75, 3.05) is 19.7 Å². The van der Waals surface area contributed by atoms with Gasteiger partial charge in [0.05, 0.1) is 21.1 Å². The zero-order chi connectivity index (χ0) is 20.9. The van der Waals surface area contributed by atoms with Gasteiger partial charge in [0.2, 0.25) is 0 Å². The first-order valence-electron chi connectivity index (χ1n) is 10.5. The Morgan fingerprint density at radius 2 is 1.93 bits per heavy atom. The van der Waals surface area contributed by atoms with Crippen LogP contribution in [0.1, 0.15) is 48.6 Å². The lowest BCUT2D eigenvalue weighted by Crippen LogP contribution is -2.41. The number of rotatable bonds is 6. The fourth-order valence-electron chi connectivity index (χ4n) is 4.02. The third-order valence-electron chi connectivity index (χ3n) is 5.67. The van der Waals surface area contributed by atoms with Crippen molar-refractivity contribution in [3.05, 3.63) is 65.2 Å². The normalized spacial score (nSPS) is 17.6. The first-order valence-corrected chi connectivity index (χ1v) is 11.3. The maximum atomic E-state index is 12.7. The summed E-state index contributed by atoms with van der Waals surface area (Å²) in [7, 11) is 0. The molecule has 0 unspecified atom stereocenters. The quantitative estimate of drug-likeness (QED) is 0.539. The number of piperidine rings is 1. The number of likely N-dealkylation sites (tertiary alicyclic amines) is 1. The van der Waals surface area contributed by atoms with Gasteiger partial charge in [-0.3, -0.25) is 9.59 Å². The molecule has 6 heteroatoms. The molecule has 1 fully saturated rings. The van der Waals surface area contributed by atoms with Crippen LogP contribution < -0.4 is 0 Å². The molecule has 4 rings (SSSR count). The van der Waals surface area contributed by atoms with Crippen LogP contribution in [0.4, 0.5) is 0 Å². The number of hydrogen-bond donors (Lipinski definition) is 0. The monoisotopic (exact) mass is 422 g/mol. The van der Waals surface area contributed by atoms with E-state index in [0.29, 0.717) is 19.5 Å². The van der Waals surface area contributed by atoms with E-state index in [-0.39, 0.29) is 30.3 Å². The molecular weight excluding hydrogens is 396 g/mol. The molecule has 0 saturated carbocycles. The summed E-state index contributed by atoms with van der Waals surface area (Å²) in [4.78, 5) is 31.9. The summed E-state index contributed by atoms with van der Waals surface area (Å²) in [5.41, 5.74) is 1.94. The van der Waals surface area contributed by atoms with Crippen molar-refractivity contribution >= 4 is 33.4 Å². The Labute approximate surface area is 180 Å². The van der Waals surface area contributed by atoms with Gasteiger partial charge >= 0.3 is 5.97 Å². The number of para-hydroxylation sites is 1. The van der Waals surface area contributed by atoms with E-state index in [1.54, 1.807) is 11.3 Å². The number of ether oxygens (including phenoxy) is 1. The molecule has 1 aliphatic rings. The van der Waals surface area contributed by atoms with Crippen LogP contribution in [0.3, 0.4) is 0 Å². The van der Waals surface area contributed by atoms with Crippen LogP contribution in [0.25, 0.3) is 10.2 Å². The first kappa shape index (κ1) is 20.5. The zero-order valence-corrected chi connectivity index (χ0v) is 17.9. The number of benzene rings is 2. The molecule has 3 aromatic rings. The molecule has 0 radical (unpaired) electrons. The number of carbonyl (C=O) groups excluding carboxylic acids is 2. The van der Waals surface area contributed by atoms with Gasteiger partial charge in [0.15, 0.2) is 6.61 Å². The highest BCUT2D eigenvalue weighted by atomic mass is 32.1. The third-order valence-corrected chi connectivity index (χ3v) is 6.87. The molecule has 156 valence electrons. The first-order chi connectivity index (χ1) is 14.7. The fourth-order valence-corrected chi connectivity index (χ4v) is 5.11. The number of esters is 1. The summed E-state index contributed by atoms with van der Waals surface area (Å²) in [6.45, 7) is 3.09. The van der Waals surface area contributed by atoms with Crippen LogP contribution in [0.2, 0.25) is 0 Å². The van der Waals surface area contributed by atoms with Crippen molar-refractivity contribution in [2.45, 2.75) is 38.0 Å². The SMILES string of the molecule is CC[C@H](C(=O)OCC(=O)N1CCC[C@@H](c2nc3ccccc3s2)C1)c1ccccc1. The largest absolute Gasteiger partial charge is 0.455 e. The molecule has 30 heavy (non-hydrogen) atoms. The Bertz CT molecular complexity index is 984. The number of carbonyl (C=O) groups is 2. The Kier molecular flexibility index (Phi) is 6.43. The second-order valence-electron chi connectivity index (χ2n) is 7.68. The van der Waals surface area contributed by atoms with Crippen LogP contribution in [0, 0.1) is 0 Å². The Hall–Kier alpha value is -2.73. The van der Waals surface area contributed by atoms with Crippen molar-refractivity contribution in [3.63, 3.8) is 0 Å². The molecule has 5 nitrogen and oxygen atoms in total. The molecular formula is C24H26N2O3S. The number of nitrogens with zero attached hydrogens (tertiary/aromatic N) is 2. The molecule has 0 spiro atoms. The summed E-state index contributed by atoms with van der Waals surface area (Å²) < 4.78 is 6.59. The predicted octanol–water partition coefficient (Wildman–Crippen LogP) is 4.74. The van der Waals surface area contributed by atoms with E-state index in [4.69, 9.17) is 9.72 Å². The van der Waals surface area contributed by atoms with E-state index < -0.39 is 0 Å². The van der Waals surface area contributed by atoms with E-state index in [1.807, 2.05) is 60.4 Å². The fraction of sp³-hybridized carbons (Fsp3) is 0.375. The van der Waals surface area contributed by atoms with Crippen molar-refractivity contribution in [1.82, 2.24) is 9.88 Å². The van der Waals surface area contributed by atoms with Crippen molar-refractivity contribution in [3.8, 4) is 0 Å². The molecule has 1 saturated heterocycles. The summed E-state index contributed by atoms with van der Waals surface area (Å²) >= 11 is 1.71. The number of aromatic nitrogens is 1. The Morgan fingerprint density at radius 1 is 1.17 bits per heavy atom. The standard InChI is InChI=1S/C24H26N2O3S/c1-2-19(17-9-4-3-5-10-17)24(28)29-16-22(27)26-14-8-11-18(15-26)23-25-20-12-6-7-13-21(20)30-23/h3-7,9-10,12-13,18-19H,2,8,11,14-16H2,1H3/t18-,19+/m1/s1. The topological polar surface area (TPSA) is 59.5 Å². The Balaban J connectivity index is 1.35. The molecule has 0 bridgehead atoms. The van der Waals surface area contributed by atoms with Crippen LogP contribution in [-0.4, -0.2) is 41.5 Å². The summed E-state index contributed by atoms with van der Waals surface area (Å²) in [6, 6.07) is 17.7.